The molecule has 1 N–H and O–H groups in total. The van der Waals surface area contributed by atoms with E-state index in [9.17, 15) is 14.7 Å². The lowest BCUT2D eigenvalue weighted by molar-refractivity contribution is 0.0975. The Hall–Kier alpha value is -2.37. The number of rotatable bonds is 4. The summed E-state index contributed by atoms with van der Waals surface area (Å²) in [5, 5.41) is 10.9. The number of aryl methyl sites for hydroxylation is 2. The van der Waals surface area contributed by atoms with E-state index in [0.717, 1.165) is 11.1 Å². The highest BCUT2D eigenvalue weighted by Gasteiger charge is 2.18. The fourth-order valence-corrected chi connectivity index (χ4v) is 2.82. The van der Waals surface area contributed by atoms with Gasteiger partial charge < -0.3 is 5.11 Å². The van der Waals surface area contributed by atoms with Crippen LogP contribution in [0, 0.1) is 6.92 Å². The van der Waals surface area contributed by atoms with Crippen molar-refractivity contribution in [2.24, 2.45) is 0 Å². The third-order valence-electron chi connectivity index (χ3n) is 3.84. The second-order valence-electron chi connectivity index (χ2n) is 5.72. The molecule has 0 bridgehead atoms. The minimum absolute atomic E-state index is 0.0833. The second kappa shape index (κ2) is 6.86. The quantitative estimate of drug-likeness (QED) is 0.702. The van der Waals surface area contributed by atoms with Gasteiger partial charge in [-0.1, -0.05) is 35.3 Å². The molecule has 5 nitrogen and oxygen atoms in total. The van der Waals surface area contributed by atoms with Crippen LogP contribution in [-0.4, -0.2) is 20.3 Å². The van der Waals surface area contributed by atoms with Crippen LogP contribution >= 0.6 is 23.2 Å². The highest BCUT2D eigenvalue weighted by atomic mass is 35.5. The average Bonchev–Trinajstić information content (AvgIpc) is 2.59. The van der Waals surface area contributed by atoms with E-state index in [2.05, 4.69) is 4.98 Å². The first kappa shape index (κ1) is 17.5. The number of carbonyl (C=O) groups is 1. The van der Waals surface area contributed by atoms with Crippen molar-refractivity contribution < 1.29 is 9.90 Å². The van der Waals surface area contributed by atoms with Gasteiger partial charge in [-0.05, 0) is 42.7 Å². The molecule has 0 aliphatic heterocycles. The van der Waals surface area contributed by atoms with E-state index in [1.54, 1.807) is 36.5 Å². The molecule has 128 valence electrons. The maximum Gasteiger partial charge on any atom is 0.300 e. The Labute approximate surface area is 153 Å². The van der Waals surface area contributed by atoms with Crippen LogP contribution < -0.4 is 5.56 Å². The molecule has 0 saturated heterocycles. The molecule has 0 aliphatic carbocycles. The summed E-state index contributed by atoms with van der Waals surface area (Å²) in [5.41, 5.74) is 1.11. The molecule has 2 aromatic heterocycles. The van der Waals surface area contributed by atoms with Crippen molar-refractivity contribution in [3.8, 4) is 5.75 Å². The summed E-state index contributed by atoms with van der Waals surface area (Å²) in [6, 6.07) is 8.52. The van der Waals surface area contributed by atoms with Crippen molar-refractivity contribution in [3.05, 3.63) is 73.7 Å². The van der Waals surface area contributed by atoms with E-state index in [4.69, 9.17) is 23.2 Å². The van der Waals surface area contributed by atoms with E-state index in [1.165, 1.54) is 4.40 Å². The number of hydrogen-bond donors (Lipinski definition) is 1. The molecule has 0 radical (unpaired) electrons. The first-order valence-electron chi connectivity index (χ1n) is 7.56. The highest BCUT2D eigenvalue weighted by Crippen LogP contribution is 2.23. The second-order valence-corrected chi connectivity index (χ2v) is 6.53. The summed E-state index contributed by atoms with van der Waals surface area (Å²) in [6.45, 7) is 1.82. The SMILES string of the molecule is Cc1ccc2nc(C(=O)CCc3ccc(Cl)c(Cl)c3)c(O)c(=O)n2c1. The molecule has 25 heavy (non-hydrogen) atoms. The number of carbonyl (C=O) groups excluding carboxylic acids is 1. The van der Waals surface area contributed by atoms with E-state index in [0.29, 0.717) is 22.1 Å². The molecular weight excluding hydrogens is 363 g/mol. The van der Waals surface area contributed by atoms with Gasteiger partial charge in [0.15, 0.2) is 11.5 Å². The smallest absolute Gasteiger partial charge is 0.300 e. The monoisotopic (exact) mass is 376 g/mol. The first-order valence-corrected chi connectivity index (χ1v) is 8.31. The maximum absolute atomic E-state index is 12.4. The van der Waals surface area contributed by atoms with Crippen molar-refractivity contribution in [2.45, 2.75) is 19.8 Å². The van der Waals surface area contributed by atoms with Crippen molar-refractivity contribution in [2.75, 3.05) is 0 Å². The third-order valence-corrected chi connectivity index (χ3v) is 4.57. The summed E-state index contributed by atoms with van der Waals surface area (Å²) < 4.78 is 1.22. The lowest BCUT2D eigenvalue weighted by Crippen LogP contribution is -2.19. The number of aromatic nitrogens is 2. The zero-order chi connectivity index (χ0) is 18.1. The van der Waals surface area contributed by atoms with E-state index in [1.807, 2.05) is 6.92 Å². The van der Waals surface area contributed by atoms with Crippen LogP contribution in [0.4, 0.5) is 0 Å². The molecule has 0 spiro atoms. The Morgan fingerprint density at radius 3 is 2.68 bits per heavy atom. The van der Waals surface area contributed by atoms with Crippen molar-refractivity contribution >= 4 is 34.6 Å². The minimum atomic E-state index is -0.661. The molecule has 2 heterocycles. The average molecular weight is 377 g/mol. The number of benzene rings is 1. The molecule has 3 aromatic rings. The van der Waals surface area contributed by atoms with Crippen molar-refractivity contribution in [1.82, 2.24) is 9.38 Å². The molecule has 7 heteroatoms. The Morgan fingerprint density at radius 1 is 1.20 bits per heavy atom. The lowest BCUT2D eigenvalue weighted by Gasteiger charge is -2.07. The zero-order valence-corrected chi connectivity index (χ0v) is 14.8. The fraction of sp³-hybridized carbons (Fsp3) is 0.167. The van der Waals surface area contributed by atoms with Gasteiger partial charge >= 0.3 is 5.56 Å². The van der Waals surface area contributed by atoms with E-state index < -0.39 is 17.1 Å². The molecule has 0 fully saturated rings. The molecule has 0 aliphatic rings. The Kier molecular flexibility index (Phi) is 4.79. The molecule has 0 unspecified atom stereocenters. The number of fused-ring (bicyclic) bond motifs is 1. The number of nitrogens with zero attached hydrogens (tertiary/aromatic N) is 2. The highest BCUT2D eigenvalue weighted by molar-refractivity contribution is 6.42. The third kappa shape index (κ3) is 3.52. The van der Waals surface area contributed by atoms with Crippen molar-refractivity contribution in [3.63, 3.8) is 0 Å². The van der Waals surface area contributed by atoms with Crippen LogP contribution in [0.5, 0.6) is 5.75 Å². The van der Waals surface area contributed by atoms with Gasteiger partial charge in [0.2, 0.25) is 5.75 Å². The maximum atomic E-state index is 12.4. The van der Waals surface area contributed by atoms with Crippen LogP contribution in [-0.2, 0) is 6.42 Å². The van der Waals surface area contributed by atoms with Gasteiger partial charge in [-0.25, -0.2) is 4.98 Å². The van der Waals surface area contributed by atoms with Crippen LogP contribution in [0.1, 0.15) is 28.0 Å². The number of aromatic hydroxyl groups is 1. The normalized spacial score (nSPS) is 11.0. The summed E-state index contributed by atoms with van der Waals surface area (Å²) >= 11 is 11.8. The topological polar surface area (TPSA) is 71.7 Å². The van der Waals surface area contributed by atoms with Gasteiger partial charge in [0.25, 0.3) is 0 Å². The molecule has 3 rings (SSSR count). The van der Waals surface area contributed by atoms with Gasteiger partial charge in [0, 0.05) is 12.6 Å². The van der Waals surface area contributed by atoms with Gasteiger partial charge in [-0.2, -0.15) is 0 Å². The van der Waals surface area contributed by atoms with Crippen LogP contribution in [0.2, 0.25) is 10.0 Å². The number of ketones is 1. The predicted octanol–water partition coefficient (Wildman–Crippen LogP) is 3.83. The molecule has 0 atom stereocenters. The van der Waals surface area contributed by atoms with Gasteiger partial charge in [0.05, 0.1) is 10.0 Å². The van der Waals surface area contributed by atoms with E-state index in [-0.39, 0.29) is 12.1 Å². The lowest BCUT2D eigenvalue weighted by atomic mass is 10.1. The standard InChI is InChI=1S/C18H14Cl2N2O3/c1-10-2-7-15-21-16(17(24)18(25)22(15)9-10)14(23)6-4-11-3-5-12(19)13(20)8-11/h2-3,5,7-9,24H,4,6H2,1H3. The first-order chi connectivity index (χ1) is 11.9. The van der Waals surface area contributed by atoms with Gasteiger partial charge in [0.1, 0.15) is 5.65 Å². The number of halogens is 2. The predicted molar refractivity (Wildman–Crippen MR) is 97.0 cm³/mol. The van der Waals surface area contributed by atoms with Gasteiger partial charge in [-0.15, -0.1) is 0 Å². The molecule has 0 amide bonds. The summed E-state index contributed by atoms with van der Waals surface area (Å²) in [4.78, 5) is 28.8. The van der Waals surface area contributed by atoms with E-state index >= 15 is 0 Å². The number of pyridine rings is 1. The number of Topliss-reactive ketones (excluding diaryl/α,β-unsaturated/α-hetero) is 1. The fourth-order valence-electron chi connectivity index (χ4n) is 2.50. The summed E-state index contributed by atoms with van der Waals surface area (Å²) in [5.74, 6) is -1.05. The summed E-state index contributed by atoms with van der Waals surface area (Å²) in [6.07, 6.45) is 2.04. The zero-order valence-electron chi connectivity index (χ0n) is 13.3. The summed E-state index contributed by atoms with van der Waals surface area (Å²) in [7, 11) is 0. The van der Waals surface area contributed by atoms with Crippen LogP contribution in [0.3, 0.4) is 0 Å². The Balaban J connectivity index is 1.89. The molecule has 1 aromatic carbocycles. The van der Waals surface area contributed by atoms with Crippen LogP contribution in [0.25, 0.3) is 5.65 Å². The number of hydrogen-bond acceptors (Lipinski definition) is 4. The molecular formula is C18H14Cl2N2O3. The van der Waals surface area contributed by atoms with Crippen LogP contribution in [0.15, 0.2) is 41.3 Å². The van der Waals surface area contributed by atoms with Crippen molar-refractivity contribution in [1.29, 1.82) is 0 Å². The molecule has 0 saturated carbocycles. The Morgan fingerprint density at radius 2 is 1.96 bits per heavy atom. The Bertz CT molecular complexity index is 1040. The minimum Gasteiger partial charge on any atom is -0.501 e. The van der Waals surface area contributed by atoms with Gasteiger partial charge in [-0.3, -0.25) is 14.0 Å². The largest absolute Gasteiger partial charge is 0.501 e.